The van der Waals surface area contributed by atoms with Crippen molar-refractivity contribution >= 4 is 27.8 Å². The lowest BCUT2D eigenvalue weighted by Gasteiger charge is -2.09. The SMILES string of the molecule is CCOC(=O)c1cnn(-c2ccc(C(=O)NCc3ccc(OC)c(Br)c3)cc2)c1C. The third-order valence-electron chi connectivity index (χ3n) is 4.55. The number of ether oxygens (including phenoxy) is 2. The summed E-state index contributed by atoms with van der Waals surface area (Å²) in [7, 11) is 1.60. The van der Waals surface area contributed by atoms with Gasteiger partial charge in [-0.15, -0.1) is 0 Å². The van der Waals surface area contributed by atoms with E-state index in [0.29, 0.717) is 30.0 Å². The minimum absolute atomic E-state index is 0.183. The van der Waals surface area contributed by atoms with Crippen molar-refractivity contribution in [1.82, 2.24) is 15.1 Å². The van der Waals surface area contributed by atoms with Crippen molar-refractivity contribution in [2.45, 2.75) is 20.4 Å². The molecule has 3 aromatic rings. The molecule has 0 unspecified atom stereocenters. The lowest BCUT2D eigenvalue weighted by atomic mass is 10.1. The molecule has 3 rings (SSSR count). The highest BCUT2D eigenvalue weighted by molar-refractivity contribution is 9.10. The molecule has 1 amide bonds. The highest BCUT2D eigenvalue weighted by Gasteiger charge is 2.16. The van der Waals surface area contributed by atoms with Gasteiger partial charge in [0.25, 0.3) is 5.91 Å². The maximum Gasteiger partial charge on any atom is 0.341 e. The van der Waals surface area contributed by atoms with Gasteiger partial charge in [-0.1, -0.05) is 6.07 Å². The van der Waals surface area contributed by atoms with Gasteiger partial charge in [0, 0.05) is 12.1 Å². The Balaban J connectivity index is 1.67. The van der Waals surface area contributed by atoms with Crippen LogP contribution in [0.5, 0.6) is 5.75 Å². The average Bonchev–Trinajstić information content (AvgIpc) is 3.14. The number of amides is 1. The number of aromatic nitrogens is 2. The first kappa shape index (κ1) is 21.6. The molecule has 1 aromatic heterocycles. The summed E-state index contributed by atoms with van der Waals surface area (Å²) >= 11 is 3.44. The van der Waals surface area contributed by atoms with E-state index >= 15 is 0 Å². The van der Waals surface area contributed by atoms with E-state index in [1.54, 1.807) is 49.9 Å². The maximum absolute atomic E-state index is 12.5. The van der Waals surface area contributed by atoms with Crippen LogP contribution in [0, 0.1) is 6.92 Å². The lowest BCUT2D eigenvalue weighted by molar-refractivity contribution is 0.0525. The summed E-state index contributed by atoms with van der Waals surface area (Å²) in [6, 6.07) is 12.7. The summed E-state index contributed by atoms with van der Waals surface area (Å²) < 4.78 is 12.7. The van der Waals surface area contributed by atoms with Gasteiger partial charge in [0.15, 0.2) is 0 Å². The molecule has 0 bridgehead atoms. The zero-order chi connectivity index (χ0) is 21.7. The van der Waals surface area contributed by atoms with Crippen molar-refractivity contribution in [3.63, 3.8) is 0 Å². The van der Waals surface area contributed by atoms with Gasteiger partial charge in [-0.05, 0) is 71.7 Å². The molecule has 0 aliphatic heterocycles. The minimum atomic E-state index is -0.401. The number of halogens is 1. The monoisotopic (exact) mass is 471 g/mol. The Morgan fingerprint density at radius 3 is 2.53 bits per heavy atom. The van der Waals surface area contributed by atoms with E-state index < -0.39 is 5.97 Å². The number of nitrogens with one attached hydrogen (secondary N) is 1. The van der Waals surface area contributed by atoms with Gasteiger partial charge in [-0.25, -0.2) is 9.48 Å². The van der Waals surface area contributed by atoms with E-state index in [4.69, 9.17) is 9.47 Å². The standard InChI is InChI=1S/C22H22BrN3O4/c1-4-30-22(28)18-13-25-26(14(18)2)17-8-6-16(7-9-17)21(27)24-12-15-5-10-20(29-3)19(23)11-15/h5-11,13H,4,12H2,1-3H3,(H,24,27). The number of hydrogen-bond acceptors (Lipinski definition) is 5. The van der Waals surface area contributed by atoms with E-state index in [2.05, 4.69) is 26.3 Å². The molecular formula is C22H22BrN3O4. The van der Waals surface area contributed by atoms with Crippen LogP contribution < -0.4 is 10.1 Å². The predicted molar refractivity (Wildman–Crippen MR) is 116 cm³/mol. The van der Waals surface area contributed by atoms with Crippen LogP contribution in [0.3, 0.4) is 0 Å². The Kier molecular flexibility index (Phi) is 6.89. The van der Waals surface area contributed by atoms with Crippen molar-refractivity contribution in [3.05, 3.63) is 75.5 Å². The van der Waals surface area contributed by atoms with Crippen LogP contribution in [0.1, 0.15) is 38.9 Å². The number of esters is 1. The Hall–Kier alpha value is -3.13. The molecule has 0 saturated carbocycles. The molecule has 156 valence electrons. The molecule has 1 heterocycles. The predicted octanol–water partition coefficient (Wildman–Crippen LogP) is 4.06. The van der Waals surface area contributed by atoms with Gasteiger partial charge in [-0.3, -0.25) is 4.79 Å². The third kappa shape index (κ3) is 4.71. The van der Waals surface area contributed by atoms with Crippen LogP contribution in [0.25, 0.3) is 5.69 Å². The summed E-state index contributed by atoms with van der Waals surface area (Å²) in [6.45, 7) is 4.26. The number of carbonyl (C=O) groups excluding carboxylic acids is 2. The Bertz CT molecular complexity index is 1060. The van der Waals surface area contributed by atoms with Crippen molar-refractivity contribution in [1.29, 1.82) is 0 Å². The first-order chi connectivity index (χ1) is 14.4. The summed E-state index contributed by atoms with van der Waals surface area (Å²) in [5.41, 5.74) is 3.33. The second kappa shape index (κ2) is 9.58. The normalized spacial score (nSPS) is 10.5. The summed E-state index contributed by atoms with van der Waals surface area (Å²) in [6.07, 6.45) is 1.49. The number of benzene rings is 2. The minimum Gasteiger partial charge on any atom is -0.496 e. The first-order valence-corrected chi connectivity index (χ1v) is 10.2. The summed E-state index contributed by atoms with van der Waals surface area (Å²) in [4.78, 5) is 24.4. The van der Waals surface area contributed by atoms with Gasteiger partial charge < -0.3 is 14.8 Å². The van der Waals surface area contributed by atoms with Crippen LogP contribution in [0.4, 0.5) is 0 Å². The fourth-order valence-electron chi connectivity index (χ4n) is 2.94. The second-order valence-corrected chi connectivity index (χ2v) is 7.33. The molecule has 0 aliphatic carbocycles. The highest BCUT2D eigenvalue weighted by Crippen LogP contribution is 2.25. The molecule has 0 aliphatic rings. The van der Waals surface area contributed by atoms with E-state index in [9.17, 15) is 9.59 Å². The van der Waals surface area contributed by atoms with Crippen LogP contribution in [-0.4, -0.2) is 35.4 Å². The van der Waals surface area contributed by atoms with E-state index in [-0.39, 0.29) is 5.91 Å². The number of hydrogen-bond donors (Lipinski definition) is 1. The molecule has 30 heavy (non-hydrogen) atoms. The number of nitrogens with zero attached hydrogens (tertiary/aromatic N) is 2. The molecule has 0 saturated heterocycles. The quantitative estimate of drug-likeness (QED) is 0.525. The number of rotatable bonds is 7. The van der Waals surface area contributed by atoms with Crippen molar-refractivity contribution in [2.24, 2.45) is 0 Å². The zero-order valence-corrected chi connectivity index (χ0v) is 18.5. The molecule has 8 heteroatoms. The van der Waals surface area contributed by atoms with Crippen LogP contribution in [0.2, 0.25) is 0 Å². The van der Waals surface area contributed by atoms with Crippen LogP contribution in [0.15, 0.2) is 53.1 Å². The smallest absolute Gasteiger partial charge is 0.341 e. The molecule has 7 nitrogen and oxygen atoms in total. The summed E-state index contributed by atoms with van der Waals surface area (Å²) in [5, 5.41) is 7.16. The van der Waals surface area contributed by atoms with E-state index in [0.717, 1.165) is 21.5 Å². The Morgan fingerprint density at radius 1 is 1.17 bits per heavy atom. The Morgan fingerprint density at radius 2 is 1.90 bits per heavy atom. The average molecular weight is 472 g/mol. The third-order valence-corrected chi connectivity index (χ3v) is 5.17. The van der Waals surface area contributed by atoms with Gasteiger partial charge in [0.2, 0.25) is 0 Å². The highest BCUT2D eigenvalue weighted by atomic mass is 79.9. The molecule has 1 N–H and O–H groups in total. The van der Waals surface area contributed by atoms with Gasteiger partial charge in [-0.2, -0.15) is 5.10 Å². The van der Waals surface area contributed by atoms with E-state index in [1.807, 2.05) is 18.2 Å². The molecular weight excluding hydrogens is 450 g/mol. The van der Waals surface area contributed by atoms with Crippen molar-refractivity contribution in [3.8, 4) is 11.4 Å². The lowest BCUT2D eigenvalue weighted by Crippen LogP contribution is -2.22. The fraction of sp³-hybridized carbons (Fsp3) is 0.227. The summed E-state index contributed by atoms with van der Waals surface area (Å²) in [5.74, 6) is 0.154. The van der Waals surface area contributed by atoms with Gasteiger partial charge >= 0.3 is 5.97 Å². The topological polar surface area (TPSA) is 82.5 Å². The number of carbonyl (C=O) groups is 2. The van der Waals surface area contributed by atoms with Crippen LogP contribution in [-0.2, 0) is 11.3 Å². The number of methoxy groups -OCH3 is 1. The van der Waals surface area contributed by atoms with Gasteiger partial charge in [0.05, 0.1) is 35.8 Å². The van der Waals surface area contributed by atoms with Crippen LogP contribution >= 0.6 is 15.9 Å². The second-order valence-electron chi connectivity index (χ2n) is 6.47. The maximum atomic E-state index is 12.5. The molecule has 0 atom stereocenters. The zero-order valence-electron chi connectivity index (χ0n) is 16.9. The van der Waals surface area contributed by atoms with E-state index in [1.165, 1.54) is 6.20 Å². The Labute approximate surface area is 183 Å². The van der Waals surface area contributed by atoms with Crippen molar-refractivity contribution in [2.75, 3.05) is 13.7 Å². The van der Waals surface area contributed by atoms with Crippen molar-refractivity contribution < 1.29 is 19.1 Å². The first-order valence-electron chi connectivity index (χ1n) is 9.37. The largest absolute Gasteiger partial charge is 0.496 e. The fourth-order valence-corrected chi connectivity index (χ4v) is 3.53. The molecule has 0 fully saturated rings. The molecule has 0 spiro atoms. The van der Waals surface area contributed by atoms with Gasteiger partial charge in [0.1, 0.15) is 11.3 Å². The molecule has 2 aromatic carbocycles. The molecule has 0 radical (unpaired) electrons.